The lowest BCUT2D eigenvalue weighted by atomic mass is 10.3. The number of nitrogens with one attached hydrogen (secondary N) is 1. The maximum Gasteiger partial charge on any atom is 0.149 e. The Hall–Kier alpha value is -1.16. The van der Waals surface area contributed by atoms with Gasteiger partial charge in [-0.2, -0.15) is 0 Å². The fourth-order valence-electron chi connectivity index (χ4n) is 1.17. The van der Waals surface area contributed by atoms with Crippen LogP contribution in [0, 0.1) is 11.6 Å². The summed E-state index contributed by atoms with van der Waals surface area (Å²) in [5.74, 6) is -1.13. The minimum atomic E-state index is -0.564. The standard InChI is InChI=1S/C11H15F2NO/c1-2-15-7-3-6-14-11-5-4-9(12)8-10(11)13/h4-5,8,14H,2-3,6-7H2,1H3. The predicted octanol–water partition coefficient (Wildman–Crippen LogP) is 2.80. The summed E-state index contributed by atoms with van der Waals surface area (Å²) in [7, 11) is 0. The van der Waals surface area contributed by atoms with E-state index in [0.29, 0.717) is 25.4 Å². The van der Waals surface area contributed by atoms with Crippen molar-refractivity contribution < 1.29 is 13.5 Å². The topological polar surface area (TPSA) is 21.3 Å². The molecule has 84 valence electrons. The lowest BCUT2D eigenvalue weighted by molar-refractivity contribution is 0.147. The van der Waals surface area contributed by atoms with Crippen LogP contribution in [0.5, 0.6) is 0 Å². The second-order valence-electron chi connectivity index (χ2n) is 3.10. The van der Waals surface area contributed by atoms with Crippen molar-refractivity contribution in [1.29, 1.82) is 0 Å². The van der Waals surface area contributed by atoms with E-state index in [1.165, 1.54) is 12.1 Å². The number of hydrogen-bond donors (Lipinski definition) is 1. The van der Waals surface area contributed by atoms with E-state index in [4.69, 9.17) is 4.74 Å². The number of rotatable bonds is 6. The molecule has 0 saturated heterocycles. The van der Waals surface area contributed by atoms with E-state index in [9.17, 15) is 8.78 Å². The molecule has 15 heavy (non-hydrogen) atoms. The first-order chi connectivity index (χ1) is 7.24. The van der Waals surface area contributed by atoms with Crippen LogP contribution in [0.1, 0.15) is 13.3 Å². The molecule has 0 fully saturated rings. The molecule has 0 aromatic heterocycles. The van der Waals surface area contributed by atoms with Crippen LogP contribution >= 0.6 is 0 Å². The van der Waals surface area contributed by atoms with Crippen LogP contribution in [-0.4, -0.2) is 19.8 Å². The molecule has 4 heteroatoms. The minimum absolute atomic E-state index is 0.327. The first-order valence-electron chi connectivity index (χ1n) is 5.00. The molecule has 0 atom stereocenters. The molecule has 0 heterocycles. The molecule has 0 bridgehead atoms. The third-order valence-electron chi connectivity index (χ3n) is 1.92. The average Bonchev–Trinajstić information content (AvgIpc) is 2.20. The molecular weight excluding hydrogens is 200 g/mol. The van der Waals surface area contributed by atoms with Gasteiger partial charge in [-0.1, -0.05) is 0 Å². The van der Waals surface area contributed by atoms with Gasteiger partial charge in [-0.15, -0.1) is 0 Å². The van der Waals surface area contributed by atoms with Crippen molar-refractivity contribution in [2.75, 3.05) is 25.1 Å². The van der Waals surface area contributed by atoms with Gasteiger partial charge in [-0.25, -0.2) is 8.78 Å². The molecule has 0 amide bonds. The first kappa shape index (κ1) is 11.9. The second kappa shape index (κ2) is 6.35. The molecule has 0 aliphatic carbocycles. The lowest BCUT2D eigenvalue weighted by Crippen LogP contribution is -2.07. The van der Waals surface area contributed by atoms with Crippen LogP contribution in [0.2, 0.25) is 0 Å². The first-order valence-corrected chi connectivity index (χ1v) is 5.00. The number of anilines is 1. The van der Waals surface area contributed by atoms with Crippen molar-refractivity contribution in [2.24, 2.45) is 0 Å². The Morgan fingerprint density at radius 2 is 2.13 bits per heavy atom. The van der Waals surface area contributed by atoms with Gasteiger partial charge in [0.1, 0.15) is 11.6 Å². The van der Waals surface area contributed by atoms with Gasteiger partial charge < -0.3 is 10.1 Å². The number of halogens is 2. The second-order valence-corrected chi connectivity index (χ2v) is 3.10. The summed E-state index contributed by atoms with van der Waals surface area (Å²) >= 11 is 0. The fourth-order valence-corrected chi connectivity index (χ4v) is 1.17. The van der Waals surface area contributed by atoms with Gasteiger partial charge in [0.2, 0.25) is 0 Å². The SMILES string of the molecule is CCOCCCNc1ccc(F)cc1F. The van der Waals surface area contributed by atoms with E-state index in [2.05, 4.69) is 5.32 Å². The highest BCUT2D eigenvalue weighted by Gasteiger charge is 2.01. The molecule has 2 nitrogen and oxygen atoms in total. The molecule has 1 rings (SSSR count). The Morgan fingerprint density at radius 3 is 2.80 bits per heavy atom. The maximum absolute atomic E-state index is 13.1. The Morgan fingerprint density at radius 1 is 1.33 bits per heavy atom. The Labute approximate surface area is 88.3 Å². The predicted molar refractivity (Wildman–Crippen MR) is 56.0 cm³/mol. The molecule has 1 aromatic rings. The van der Waals surface area contributed by atoms with E-state index in [-0.39, 0.29) is 0 Å². The third kappa shape index (κ3) is 4.25. The van der Waals surface area contributed by atoms with E-state index < -0.39 is 11.6 Å². The van der Waals surface area contributed by atoms with Crippen molar-refractivity contribution >= 4 is 5.69 Å². The van der Waals surface area contributed by atoms with Crippen molar-refractivity contribution in [2.45, 2.75) is 13.3 Å². The highest BCUT2D eigenvalue weighted by Crippen LogP contribution is 2.14. The van der Waals surface area contributed by atoms with Gasteiger partial charge in [0, 0.05) is 25.8 Å². The van der Waals surface area contributed by atoms with Gasteiger partial charge >= 0.3 is 0 Å². The summed E-state index contributed by atoms with van der Waals surface area (Å²) < 4.78 is 30.8. The van der Waals surface area contributed by atoms with Gasteiger partial charge in [-0.3, -0.25) is 0 Å². The zero-order valence-electron chi connectivity index (χ0n) is 8.72. The van der Waals surface area contributed by atoms with Gasteiger partial charge in [0.05, 0.1) is 5.69 Å². The largest absolute Gasteiger partial charge is 0.383 e. The van der Waals surface area contributed by atoms with Crippen LogP contribution in [0.25, 0.3) is 0 Å². The van der Waals surface area contributed by atoms with Gasteiger partial charge in [-0.05, 0) is 25.5 Å². The molecule has 0 spiro atoms. The monoisotopic (exact) mass is 215 g/mol. The van der Waals surface area contributed by atoms with Crippen LogP contribution in [0.15, 0.2) is 18.2 Å². The van der Waals surface area contributed by atoms with Crippen LogP contribution in [0.4, 0.5) is 14.5 Å². The fraction of sp³-hybridized carbons (Fsp3) is 0.455. The van der Waals surface area contributed by atoms with Crippen molar-refractivity contribution in [3.05, 3.63) is 29.8 Å². The smallest absolute Gasteiger partial charge is 0.149 e. The molecule has 0 aliphatic rings. The van der Waals surface area contributed by atoms with E-state index >= 15 is 0 Å². The highest BCUT2D eigenvalue weighted by molar-refractivity contribution is 5.44. The average molecular weight is 215 g/mol. The Kier molecular flexibility index (Phi) is 5.04. The zero-order chi connectivity index (χ0) is 11.1. The highest BCUT2D eigenvalue weighted by atomic mass is 19.1. The Bertz CT molecular complexity index is 305. The summed E-state index contributed by atoms with van der Waals surface area (Å²) in [6.07, 6.45) is 0.796. The van der Waals surface area contributed by atoms with Crippen molar-refractivity contribution in [1.82, 2.24) is 0 Å². The molecular formula is C11H15F2NO. The van der Waals surface area contributed by atoms with Crippen LogP contribution < -0.4 is 5.32 Å². The molecule has 1 N–H and O–H groups in total. The molecule has 0 unspecified atom stereocenters. The quantitative estimate of drug-likeness (QED) is 0.737. The summed E-state index contributed by atoms with van der Waals surface area (Å²) in [5.41, 5.74) is 0.327. The van der Waals surface area contributed by atoms with E-state index in [1.807, 2.05) is 6.92 Å². The summed E-state index contributed by atoms with van der Waals surface area (Å²) in [4.78, 5) is 0. The van der Waals surface area contributed by atoms with E-state index in [1.54, 1.807) is 0 Å². The van der Waals surface area contributed by atoms with Crippen molar-refractivity contribution in [3.8, 4) is 0 Å². The Balaban J connectivity index is 2.31. The third-order valence-corrected chi connectivity index (χ3v) is 1.92. The summed E-state index contributed by atoms with van der Waals surface area (Å²) in [5, 5.41) is 2.88. The van der Waals surface area contributed by atoms with E-state index in [0.717, 1.165) is 12.5 Å². The van der Waals surface area contributed by atoms with Crippen molar-refractivity contribution in [3.63, 3.8) is 0 Å². The van der Waals surface area contributed by atoms with Gasteiger partial charge in [0.15, 0.2) is 0 Å². The van der Waals surface area contributed by atoms with Gasteiger partial charge in [0.25, 0.3) is 0 Å². The summed E-state index contributed by atoms with van der Waals surface area (Å²) in [6.45, 7) is 3.87. The lowest BCUT2D eigenvalue weighted by Gasteiger charge is -2.07. The number of ether oxygens (including phenoxy) is 1. The molecule has 0 aliphatic heterocycles. The zero-order valence-corrected chi connectivity index (χ0v) is 8.72. The van der Waals surface area contributed by atoms with Crippen LogP contribution in [0.3, 0.4) is 0 Å². The molecule has 1 aromatic carbocycles. The molecule has 0 radical (unpaired) electrons. The maximum atomic E-state index is 13.1. The summed E-state index contributed by atoms with van der Waals surface area (Å²) in [6, 6.07) is 3.49. The normalized spacial score (nSPS) is 10.3. The minimum Gasteiger partial charge on any atom is -0.383 e. The number of benzene rings is 1. The molecule has 0 saturated carbocycles. The van der Waals surface area contributed by atoms with Crippen LogP contribution in [-0.2, 0) is 4.74 Å². The number of hydrogen-bond acceptors (Lipinski definition) is 2.